The van der Waals surface area contributed by atoms with Crippen molar-refractivity contribution in [2.75, 3.05) is 25.0 Å². The number of H-pyrrole nitrogens is 1. The number of aromatic amines is 1. The second-order valence-corrected chi connectivity index (χ2v) is 11.1. The molecule has 2 fully saturated rings. The van der Waals surface area contributed by atoms with Gasteiger partial charge in [0.25, 0.3) is 0 Å². The van der Waals surface area contributed by atoms with Crippen LogP contribution in [0, 0.1) is 0 Å². The maximum absolute atomic E-state index is 5.28. The number of pyridine rings is 2. The van der Waals surface area contributed by atoms with E-state index in [1.54, 1.807) is 11.8 Å². The summed E-state index contributed by atoms with van der Waals surface area (Å²) < 4.78 is 0. The van der Waals surface area contributed by atoms with Crippen molar-refractivity contribution in [1.82, 2.24) is 30.2 Å². The van der Waals surface area contributed by atoms with Gasteiger partial charge < -0.3 is 15.2 Å². The molecular formula is C29H29N7S. The van der Waals surface area contributed by atoms with Crippen molar-refractivity contribution in [2.24, 2.45) is 0 Å². The zero-order valence-electron chi connectivity index (χ0n) is 20.8. The highest BCUT2D eigenvalue weighted by molar-refractivity contribution is 7.99. The number of fused-ring (bicyclic) bond motifs is 2. The van der Waals surface area contributed by atoms with Crippen molar-refractivity contribution in [3.8, 4) is 11.4 Å². The molecule has 1 aliphatic carbocycles. The van der Waals surface area contributed by atoms with Gasteiger partial charge in [-0.25, -0.2) is 15.0 Å². The van der Waals surface area contributed by atoms with E-state index >= 15 is 0 Å². The Labute approximate surface area is 220 Å². The van der Waals surface area contributed by atoms with Gasteiger partial charge >= 0.3 is 0 Å². The fraction of sp³-hybridized carbons (Fsp3) is 0.310. The Kier molecular flexibility index (Phi) is 5.78. The first-order valence-electron chi connectivity index (χ1n) is 13.0. The molecule has 5 aromatic rings. The molecule has 1 aromatic carbocycles. The van der Waals surface area contributed by atoms with E-state index in [9.17, 15) is 0 Å². The average molecular weight is 508 g/mol. The monoisotopic (exact) mass is 507 g/mol. The quantitative estimate of drug-likeness (QED) is 0.301. The summed E-state index contributed by atoms with van der Waals surface area (Å²) >= 11 is 1.70. The van der Waals surface area contributed by atoms with Crippen LogP contribution in [0.4, 0.5) is 5.82 Å². The molecule has 0 amide bonds. The van der Waals surface area contributed by atoms with E-state index in [1.165, 1.54) is 28.7 Å². The first kappa shape index (κ1) is 22.7. The third-order valence-corrected chi connectivity index (χ3v) is 8.49. The van der Waals surface area contributed by atoms with Gasteiger partial charge in [0.2, 0.25) is 0 Å². The lowest BCUT2D eigenvalue weighted by atomic mass is 10.0. The summed E-state index contributed by atoms with van der Waals surface area (Å²) in [4.78, 5) is 26.6. The predicted molar refractivity (Wildman–Crippen MR) is 149 cm³/mol. The summed E-state index contributed by atoms with van der Waals surface area (Å²) in [5.74, 6) is 2.32. The van der Waals surface area contributed by atoms with Gasteiger partial charge in [-0.2, -0.15) is 0 Å². The van der Waals surface area contributed by atoms with Crippen LogP contribution in [0.1, 0.15) is 37.2 Å². The third-order valence-electron chi connectivity index (χ3n) is 7.54. The van der Waals surface area contributed by atoms with Crippen LogP contribution in [0.3, 0.4) is 0 Å². The lowest BCUT2D eigenvalue weighted by Gasteiger charge is -2.33. The third kappa shape index (κ3) is 4.34. The summed E-state index contributed by atoms with van der Waals surface area (Å²) in [7, 11) is 2.20. The van der Waals surface area contributed by atoms with Crippen molar-refractivity contribution < 1.29 is 0 Å². The fourth-order valence-electron chi connectivity index (χ4n) is 5.40. The minimum absolute atomic E-state index is 0.450. The topological polar surface area (TPSA) is 82.6 Å². The van der Waals surface area contributed by atoms with Crippen LogP contribution < -0.4 is 10.2 Å². The van der Waals surface area contributed by atoms with Crippen LogP contribution in [0.2, 0.25) is 0 Å². The molecular weight excluding hydrogens is 478 g/mol. The average Bonchev–Trinajstić information content (AvgIpc) is 3.71. The van der Waals surface area contributed by atoms with Crippen LogP contribution in [-0.2, 0) is 0 Å². The fourth-order valence-corrected chi connectivity index (χ4v) is 6.28. The van der Waals surface area contributed by atoms with Gasteiger partial charge in [-0.15, -0.1) is 0 Å². The van der Waals surface area contributed by atoms with Gasteiger partial charge in [0.05, 0.1) is 16.7 Å². The zero-order chi connectivity index (χ0) is 24.8. The standard InChI is InChI=1S/C29H29N7S/c1-36(19-9-12-30-13-10-19)29-26-23(18-7-8-18)16-31-17-24(26)33-28(35-29)21-11-14-32-27-22(21)15-25(34-27)37-20-5-3-2-4-6-20/h2-6,11,14-19,30H,7-10,12-13H2,1H3,(H,32,34). The van der Waals surface area contributed by atoms with Gasteiger partial charge in [-0.1, -0.05) is 30.0 Å². The van der Waals surface area contributed by atoms with E-state index in [2.05, 4.69) is 62.5 Å². The Morgan fingerprint density at radius 1 is 0.973 bits per heavy atom. The number of nitrogens with one attached hydrogen (secondary N) is 2. The van der Waals surface area contributed by atoms with Crippen LogP contribution >= 0.6 is 11.8 Å². The molecule has 0 radical (unpaired) electrons. The van der Waals surface area contributed by atoms with E-state index in [1.807, 2.05) is 30.7 Å². The Morgan fingerprint density at radius 2 is 1.81 bits per heavy atom. The van der Waals surface area contributed by atoms with Crippen molar-refractivity contribution in [3.63, 3.8) is 0 Å². The number of piperidine rings is 1. The number of nitrogens with zero attached hydrogens (tertiary/aromatic N) is 5. The van der Waals surface area contributed by atoms with Gasteiger partial charge in [0.15, 0.2) is 5.82 Å². The molecule has 4 aromatic heterocycles. The minimum atomic E-state index is 0.450. The summed E-state index contributed by atoms with van der Waals surface area (Å²) in [5.41, 5.74) is 4.05. The largest absolute Gasteiger partial charge is 0.356 e. The summed E-state index contributed by atoms with van der Waals surface area (Å²) in [6.07, 6.45) is 10.4. The number of hydrogen-bond acceptors (Lipinski definition) is 7. The van der Waals surface area contributed by atoms with Crippen molar-refractivity contribution >= 4 is 39.5 Å². The first-order chi connectivity index (χ1) is 18.2. The Balaban J connectivity index is 1.37. The van der Waals surface area contributed by atoms with Gasteiger partial charge in [-0.3, -0.25) is 4.98 Å². The highest BCUT2D eigenvalue weighted by Crippen LogP contribution is 2.45. The molecule has 2 N–H and O–H groups in total. The van der Waals surface area contributed by atoms with Gasteiger partial charge in [0, 0.05) is 46.7 Å². The smallest absolute Gasteiger partial charge is 0.163 e. The molecule has 7 nitrogen and oxygen atoms in total. The highest BCUT2D eigenvalue weighted by atomic mass is 32.2. The van der Waals surface area contributed by atoms with E-state index < -0.39 is 0 Å². The van der Waals surface area contributed by atoms with E-state index in [-0.39, 0.29) is 0 Å². The van der Waals surface area contributed by atoms with Crippen LogP contribution in [-0.4, -0.2) is 51.1 Å². The number of benzene rings is 1. The van der Waals surface area contributed by atoms with Crippen molar-refractivity contribution in [2.45, 2.75) is 47.6 Å². The zero-order valence-corrected chi connectivity index (χ0v) is 21.6. The Bertz CT molecular complexity index is 1570. The summed E-state index contributed by atoms with van der Waals surface area (Å²) in [6.45, 7) is 2.08. The molecule has 0 unspecified atom stereocenters. The van der Waals surface area contributed by atoms with Crippen molar-refractivity contribution in [3.05, 3.63) is 66.6 Å². The number of rotatable bonds is 6. The van der Waals surface area contributed by atoms with Crippen LogP contribution in [0.25, 0.3) is 33.3 Å². The summed E-state index contributed by atoms with van der Waals surface area (Å²) in [6, 6.07) is 15.0. The van der Waals surface area contributed by atoms with Crippen LogP contribution in [0.5, 0.6) is 0 Å². The maximum Gasteiger partial charge on any atom is 0.163 e. The Hall–Kier alpha value is -3.49. The molecule has 0 atom stereocenters. The molecule has 0 bridgehead atoms. The van der Waals surface area contributed by atoms with E-state index in [4.69, 9.17) is 9.97 Å². The van der Waals surface area contributed by atoms with Gasteiger partial charge in [0.1, 0.15) is 11.5 Å². The second kappa shape index (κ2) is 9.43. The van der Waals surface area contributed by atoms with E-state index in [0.717, 1.165) is 64.7 Å². The lowest BCUT2D eigenvalue weighted by molar-refractivity contribution is 0.442. The lowest BCUT2D eigenvalue weighted by Crippen LogP contribution is -2.41. The maximum atomic E-state index is 5.28. The molecule has 5 heterocycles. The number of anilines is 1. The number of hydrogen-bond donors (Lipinski definition) is 2. The molecule has 1 saturated carbocycles. The summed E-state index contributed by atoms with van der Waals surface area (Å²) in [5, 5.41) is 6.74. The molecule has 0 spiro atoms. The van der Waals surface area contributed by atoms with E-state index in [0.29, 0.717) is 12.0 Å². The minimum Gasteiger partial charge on any atom is -0.356 e. The molecule has 186 valence electrons. The van der Waals surface area contributed by atoms with Crippen LogP contribution in [0.15, 0.2) is 71.0 Å². The Morgan fingerprint density at radius 3 is 2.62 bits per heavy atom. The highest BCUT2D eigenvalue weighted by Gasteiger charge is 2.30. The predicted octanol–water partition coefficient (Wildman–Crippen LogP) is 5.78. The molecule has 1 saturated heterocycles. The molecule has 2 aliphatic rings. The first-order valence-corrected chi connectivity index (χ1v) is 13.9. The molecule has 7 rings (SSSR count). The normalized spacial score (nSPS) is 16.5. The van der Waals surface area contributed by atoms with Gasteiger partial charge in [-0.05, 0) is 74.5 Å². The molecule has 1 aliphatic heterocycles. The van der Waals surface area contributed by atoms with Crippen molar-refractivity contribution in [1.29, 1.82) is 0 Å². The SMILES string of the molecule is CN(c1nc(-c2ccnc3[nH]c(Sc4ccccc4)cc23)nc2cncc(C3CC3)c12)C1CCNCC1. The second-order valence-electron chi connectivity index (χ2n) is 10.0. The molecule has 8 heteroatoms. The molecule has 37 heavy (non-hydrogen) atoms. The number of aromatic nitrogens is 5.